The Morgan fingerprint density at radius 3 is 1.95 bits per heavy atom. The van der Waals surface area contributed by atoms with Crippen LogP contribution in [0.25, 0.3) is 0 Å². The van der Waals surface area contributed by atoms with Gasteiger partial charge in [-0.1, -0.05) is 0 Å². The molecule has 21 heavy (non-hydrogen) atoms. The Bertz CT molecular complexity index is 333. The Hall–Kier alpha value is -1.34. The average Bonchev–Trinajstić information content (AvgIpc) is 2.35. The Labute approximate surface area is 126 Å². The minimum Gasteiger partial charge on any atom is -0.456 e. The SMILES string of the molecule is COCC(COC)OC(=O)[C@H](C)N(C)C(=O)OC(C)(C)C. The molecule has 0 fully saturated rings. The van der Waals surface area contributed by atoms with Crippen LogP contribution >= 0.6 is 0 Å². The number of ether oxygens (including phenoxy) is 4. The number of carbonyl (C=O) groups excluding carboxylic acids is 2. The minimum atomic E-state index is -0.768. The quantitative estimate of drug-likeness (QED) is 0.663. The lowest BCUT2D eigenvalue weighted by Crippen LogP contribution is -2.45. The van der Waals surface area contributed by atoms with Crippen molar-refractivity contribution >= 4 is 12.1 Å². The van der Waals surface area contributed by atoms with Crippen molar-refractivity contribution in [3.63, 3.8) is 0 Å². The lowest BCUT2D eigenvalue weighted by atomic mass is 10.2. The molecule has 0 aliphatic carbocycles. The second kappa shape index (κ2) is 8.84. The summed E-state index contributed by atoms with van der Waals surface area (Å²) in [5.41, 5.74) is -0.621. The molecule has 0 N–H and O–H groups in total. The molecular formula is C14H27NO6. The molecule has 1 amide bonds. The van der Waals surface area contributed by atoms with Crippen LogP contribution < -0.4 is 0 Å². The van der Waals surface area contributed by atoms with Crippen LogP contribution in [-0.4, -0.2) is 69.2 Å². The third-order valence-electron chi connectivity index (χ3n) is 2.59. The van der Waals surface area contributed by atoms with Gasteiger partial charge in [-0.2, -0.15) is 0 Å². The van der Waals surface area contributed by atoms with Crippen molar-refractivity contribution in [2.75, 3.05) is 34.5 Å². The first kappa shape index (κ1) is 19.7. The lowest BCUT2D eigenvalue weighted by Gasteiger charge is -2.28. The van der Waals surface area contributed by atoms with Crippen LogP contribution in [0.2, 0.25) is 0 Å². The second-order valence-electron chi connectivity index (χ2n) is 5.74. The highest BCUT2D eigenvalue weighted by molar-refractivity contribution is 5.81. The average molecular weight is 305 g/mol. The molecule has 7 heteroatoms. The van der Waals surface area contributed by atoms with Crippen LogP contribution in [0, 0.1) is 0 Å². The van der Waals surface area contributed by atoms with Crippen LogP contribution in [0.4, 0.5) is 4.79 Å². The molecule has 0 saturated heterocycles. The van der Waals surface area contributed by atoms with Crippen LogP contribution in [0.3, 0.4) is 0 Å². The number of hydrogen-bond donors (Lipinski definition) is 0. The molecule has 0 spiro atoms. The fraction of sp³-hybridized carbons (Fsp3) is 0.857. The normalized spacial score (nSPS) is 13.0. The van der Waals surface area contributed by atoms with Crippen molar-refractivity contribution in [2.24, 2.45) is 0 Å². The van der Waals surface area contributed by atoms with Gasteiger partial charge in [0, 0.05) is 21.3 Å². The smallest absolute Gasteiger partial charge is 0.410 e. The predicted molar refractivity (Wildman–Crippen MR) is 77.1 cm³/mol. The van der Waals surface area contributed by atoms with E-state index in [4.69, 9.17) is 18.9 Å². The zero-order chi connectivity index (χ0) is 16.6. The summed E-state index contributed by atoms with van der Waals surface area (Å²) in [6, 6.07) is -0.768. The maximum absolute atomic E-state index is 12.0. The van der Waals surface area contributed by atoms with Gasteiger partial charge in [-0.15, -0.1) is 0 Å². The third kappa shape index (κ3) is 7.87. The number of nitrogens with zero attached hydrogens (tertiary/aromatic N) is 1. The Morgan fingerprint density at radius 2 is 1.57 bits per heavy atom. The van der Waals surface area contributed by atoms with Crippen molar-refractivity contribution < 1.29 is 28.5 Å². The van der Waals surface area contributed by atoms with Crippen molar-refractivity contribution in [1.29, 1.82) is 0 Å². The molecule has 0 aliphatic heterocycles. The van der Waals surface area contributed by atoms with E-state index in [1.165, 1.54) is 26.2 Å². The van der Waals surface area contributed by atoms with Crippen molar-refractivity contribution in [3.8, 4) is 0 Å². The minimum absolute atomic E-state index is 0.225. The van der Waals surface area contributed by atoms with Gasteiger partial charge in [0.2, 0.25) is 0 Å². The lowest BCUT2D eigenvalue weighted by molar-refractivity contribution is -0.159. The topological polar surface area (TPSA) is 74.3 Å². The predicted octanol–water partition coefficient (Wildman–Crippen LogP) is 1.45. The van der Waals surface area contributed by atoms with Gasteiger partial charge < -0.3 is 18.9 Å². The number of rotatable bonds is 7. The van der Waals surface area contributed by atoms with E-state index >= 15 is 0 Å². The van der Waals surface area contributed by atoms with E-state index in [-0.39, 0.29) is 13.2 Å². The molecule has 1 atom stereocenters. The summed E-state index contributed by atoms with van der Waals surface area (Å²) < 4.78 is 20.4. The van der Waals surface area contributed by atoms with Gasteiger partial charge in [0.1, 0.15) is 17.7 Å². The van der Waals surface area contributed by atoms with E-state index in [0.717, 1.165) is 0 Å². The van der Waals surface area contributed by atoms with Gasteiger partial charge >= 0.3 is 12.1 Å². The summed E-state index contributed by atoms with van der Waals surface area (Å²) in [7, 11) is 4.50. The fourth-order valence-corrected chi connectivity index (χ4v) is 1.40. The van der Waals surface area contributed by atoms with Gasteiger partial charge in [0.05, 0.1) is 13.2 Å². The molecule has 0 radical (unpaired) electrons. The van der Waals surface area contributed by atoms with Crippen molar-refractivity contribution in [2.45, 2.75) is 45.4 Å². The van der Waals surface area contributed by atoms with Crippen LogP contribution in [-0.2, 0) is 23.7 Å². The second-order valence-corrected chi connectivity index (χ2v) is 5.74. The fourth-order valence-electron chi connectivity index (χ4n) is 1.40. The highest BCUT2D eigenvalue weighted by Gasteiger charge is 2.29. The third-order valence-corrected chi connectivity index (χ3v) is 2.59. The van der Waals surface area contributed by atoms with E-state index in [0.29, 0.717) is 0 Å². The van der Waals surface area contributed by atoms with Crippen molar-refractivity contribution in [1.82, 2.24) is 4.90 Å². The zero-order valence-corrected chi connectivity index (χ0v) is 14.0. The highest BCUT2D eigenvalue weighted by atomic mass is 16.6. The maximum Gasteiger partial charge on any atom is 0.410 e. The molecule has 124 valence electrons. The molecule has 0 heterocycles. The van der Waals surface area contributed by atoms with E-state index in [1.54, 1.807) is 27.7 Å². The summed E-state index contributed by atoms with van der Waals surface area (Å²) in [6.45, 7) is 7.30. The molecule has 0 aromatic rings. The van der Waals surface area contributed by atoms with Crippen LogP contribution in [0.1, 0.15) is 27.7 Å². The molecular weight excluding hydrogens is 278 g/mol. The van der Waals surface area contributed by atoms with Gasteiger partial charge in [-0.05, 0) is 27.7 Å². The van der Waals surface area contributed by atoms with Gasteiger partial charge in [-0.25, -0.2) is 9.59 Å². The molecule has 0 aliphatic rings. The largest absolute Gasteiger partial charge is 0.456 e. The van der Waals surface area contributed by atoms with Crippen LogP contribution in [0.5, 0.6) is 0 Å². The number of methoxy groups -OCH3 is 2. The molecule has 7 nitrogen and oxygen atoms in total. The molecule has 0 rings (SSSR count). The zero-order valence-electron chi connectivity index (χ0n) is 14.0. The Kier molecular flexibility index (Phi) is 8.27. The van der Waals surface area contributed by atoms with Gasteiger partial charge in [-0.3, -0.25) is 4.90 Å². The summed E-state index contributed by atoms with van der Waals surface area (Å²) in [6.07, 6.45) is -1.09. The highest BCUT2D eigenvalue weighted by Crippen LogP contribution is 2.11. The summed E-state index contributed by atoms with van der Waals surface area (Å²) in [5.74, 6) is -0.539. The van der Waals surface area contributed by atoms with E-state index in [2.05, 4.69) is 0 Å². The molecule has 0 saturated carbocycles. The maximum atomic E-state index is 12.0. The number of likely N-dealkylation sites (N-methyl/N-ethyl adjacent to an activating group) is 1. The first-order valence-corrected chi connectivity index (χ1v) is 6.76. The number of carbonyl (C=O) groups is 2. The Balaban J connectivity index is 4.57. The van der Waals surface area contributed by atoms with E-state index in [9.17, 15) is 9.59 Å². The van der Waals surface area contributed by atoms with Crippen LogP contribution in [0.15, 0.2) is 0 Å². The molecule has 0 aromatic heterocycles. The first-order chi connectivity index (χ1) is 9.62. The number of amides is 1. The summed E-state index contributed by atoms with van der Waals surface area (Å²) in [4.78, 5) is 25.1. The number of hydrogen-bond acceptors (Lipinski definition) is 6. The summed E-state index contributed by atoms with van der Waals surface area (Å²) in [5, 5.41) is 0. The summed E-state index contributed by atoms with van der Waals surface area (Å²) >= 11 is 0. The molecule has 0 aromatic carbocycles. The molecule has 0 unspecified atom stereocenters. The van der Waals surface area contributed by atoms with E-state index in [1.807, 2.05) is 0 Å². The van der Waals surface area contributed by atoms with E-state index < -0.39 is 29.8 Å². The Morgan fingerprint density at radius 1 is 1.10 bits per heavy atom. The van der Waals surface area contributed by atoms with Gasteiger partial charge in [0.15, 0.2) is 0 Å². The van der Waals surface area contributed by atoms with Crippen molar-refractivity contribution in [3.05, 3.63) is 0 Å². The first-order valence-electron chi connectivity index (χ1n) is 6.76. The monoisotopic (exact) mass is 305 g/mol. The number of esters is 1. The molecule has 0 bridgehead atoms. The standard InChI is InChI=1S/C14H27NO6/c1-10(15(5)13(17)21-14(2,3)4)12(16)20-11(8-18-6)9-19-7/h10-11H,8-9H2,1-7H3/t10-/m0/s1. The van der Waals surface area contributed by atoms with Gasteiger partial charge in [0.25, 0.3) is 0 Å².